The number of para-hydroxylation sites is 2. The Labute approximate surface area is 217 Å². The first-order valence-corrected chi connectivity index (χ1v) is 12.6. The fraction of sp³-hybridized carbons (Fsp3) is 0.188. The Hall–Kier alpha value is -4.38. The monoisotopic (exact) mass is 489 g/mol. The number of aromatic nitrogens is 2. The van der Waals surface area contributed by atoms with Crippen LogP contribution in [0.3, 0.4) is 0 Å². The zero-order valence-electron chi connectivity index (χ0n) is 21.3. The summed E-state index contributed by atoms with van der Waals surface area (Å²) in [5, 5.41) is 3.06. The molecule has 0 fully saturated rings. The van der Waals surface area contributed by atoms with Gasteiger partial charge in [0.1, 0.15) is 18.2 Å². The zero-order chi connectivity index (χ0) is 25.6. The van der Waals surface area contributed by atoms with Gasteiger partial charge in [-0.25, -0.2) is 4.98 Å². The number of carbonyl (C=O) groups excluding carboxylic acids is 1. The summed E-state index contributed by atoms with van der Waals surface area (Å²) in [5.41, 5.74) is 7.52. The topological polar surface area (TPSA) is 56.1 Å². The first-order valence-electron chi connectivity index (χ1n) is 12.6. The van der Waals surface area contributed by atoms with E-state index in [-0.39, 0.29) is 5.91 Å². The molecule has 5 heteroatoms. The largest absolute Gasteiger partial charge is 0.491 e. The number of aryl methyl sites for hydroxylation is 2. The minimum absolute atomic E-state index is 0.0299. The first kappa shape index (κ1) is 24.3. The van der Waals surface area contributed by atoms with E-state index >= 15 is 0 Å². The molecule has 1 amide bonds. The molecule has 5 aromatic rings. The average molecular weight is 490 g/mol. The number of hydrogen-bond acceptors (Lipinski definition) is 3. The van der Waals surface area contributed by atoms with Crippen molar-refractivity contribution in [3.05, 3.63) is 120 Å². The first-order chi connectivity index (χ1) is 18.1. The van der Waals surface area contributed by atoms with E-state index in [1.54, 1.807) is 0 Å². The maximum Gasteiger partial charge on any atom is 0.224 e. The molecule has 1 aromatic heterocycles. The molecule has 1 N–H and O–H groups in total. The number of nitrogens with zero attached hydrogens (tertiary/aromatic N) is 2. The predicted octanol–water partition coefficient (Wildman–Crippen LogP) is 6.26. The lowest BCUT2D eigenvalue weighted by atomic mass is 10.0. The van der Waals surface area contributed by atoms with Gasteiger partial charge in [-0.15, -0.1) is 0 Å². The van der Waals surface area contributed by atoms with E-state index in [4.69, 9.17) is 9.72 Å². The number of carbonyl (C=O) groups is 1. The molecule has 4 aromatic carbocycles. The SMILES string of the molecule is Cc1ccc(C)c(OCCn2c(CNC(=O)Cc3ccc(-c4ccccc4)cc3)nc3ccccc32)c1. The lowest BCUT2D eigenvalue weighted by Crippen LogP contribution is -2.26. The van der Waals surface area contributed by atoms with Crippen LogP contribution in [0.15, 0.2) is 97.1 Å². The van der Waals surface area contributed by atoms with Crippen molar-refractivity contribution in [2.45, 2.75) is 33.4 Å². The van der Waals surface area contributed by atoms with Gasteiger partial charge in [0.2, 0.25) is 5.91 Å². The number of nitrogens with one attached hydrogen (secondary N) is 1. The smallest absolute Gasteiger partial charge is 0.224 e. The van der Waals surface area contributed by atoms with Gasteiger partial charge in [0, 0.05) is 0 Å². The van der Waals surface area contributed by atoms with E-state index < -0.39 is 0 Å². The summed E-state index contributed by atoms with van der Waals surface area (Å²) in [6, 6.07) is 32.7. The fourth-order valence-electron chi connectivity index (χ4n) is 4.49. The standard InChI is InChI=1S/C32H31N3O2/c1-23-12-13-24(2)30(20-23)37-19-18-35-29-11-7-6-10-28(29)34-31(35)22-33-32(36)21-25-14-16-27(17-15-25)26-8-4-3-5-9-26/h3-17,20H,18-19,21-22H2,1-2H3,(H,33,36). The molecule has 0 bridgehead atoms. The second-order valence-electron chi connectivity index (χ2n) is 9.30. The Morgan fingerprint density at radius 2 is 1.59 bits per heavy atom. The van der Waals surface area contributed by atoms with Crippen molar-refractivity contribution >= 4 is 16.9 Å². The minimum Gasteiger partial charge on any atom is -0.491 e. The highest BCUT2D eigenvalue weighted by molar-refractivity contribution is 5.79. The predicted molar refractivity (Wildman–Crippen MR) is 149 cm³/mol. The quantitative estimate of drug-likeness (QED) is 0.266. The molecular weight excluding hydrogens is 458 g/mol. The maximum absolute atomic E-state index is 12.8. The molecule has 5 rings (SSSR count). The molecule has 0 unspecified atom stereocenters. The second-order valence-corrected chi connectivity index (χ2v) is 9.30. The normalized spacial score (nSPS) is 11.0. The second kappa shape index (κ2) is 11.1. The van der Waals surface area contributed by atoms with Crippen LogP contribution in [0.1, 0.15) is 22.5 Å². The van der Waals surface area contributed by atoms with Crippen LogP contribution in [0.5, 0.6) is 5.75 Å². The molecule has 37 heavy (non-hydrogen) atoms. The minimum atomic E-state index is -0.0299. The van der Waals surface area contributed by atoms with Crippen molar-refractivity contribution in [1.82, 2.24) is 14.9 Å². The third-order valence-corrected chi connectivity index (χ3v) is 6.52. The number of rotatable bonds is 9. The van der Waals surface area contributed by atoms with Crippen molar-refractivity contribution in [2.75, 3.05) is 6.61 Å². The Kier molecular flexibility index (Phi) is 7.31. The molecule has 0 saturated heterocycles. The average Bonchev–Trinajstić information content (AvgIpc) is 3.28. The van der Waals surface area contributed by atoms with Gasteiger partial charge in [0.15, 0.2) is 0 Å². The van der Waals surface area contributed by atoms with Gasteiger partial charge in [-0.3, -0.25) is 4.79 Å². The van der Waals surface area contributed by atoms with Gasteiger partial charge < -0.3 is 14.6 Å². The number of hydrogen-bond donors (Lipinski definition) is 1. The fourth-order valence-corrected chi connectivity index (χ4v) is 4.49. The Balaban J connectivity index is 1.23. The highest BCUT2D eigenvalue weighted by atomic mass is 16.5. The van der Waals surface area contributed by atoms with Crippen LogP contribution < -0.4 is 10.1 Å². The van der Waals surface area contributed by atoms with Crippen molar-refractivity contribution in [2.24, 2.45) is 0 Å². The molecule has 0 aliphatic carbocycles. The van der Waals surface area contributed by atoms with E-state index in [9.17, 15) is 4.79 Å². The summed E-state index contributed by atoms with van der Waals surface area (Å²) in [7, 11) is 0. The van der Waals surface area contributed by atoms with Gasteiger partial charge in [-0.1, -0.05) is 78.9 Å². The van der Waals surface area contributed by atoms with E-state index in [0.717, 1.165) is 39.3 Å². The Morgan fingerprint density at radius 1 is 0.865 bits per heavy atom. The summed E-state index contributed by atoms with van der Waals surface area (Å²) in [5.74, 6) is 1.69. The van der Waals surface area contributed by atoms with Crippen LogP contribution in [0, 0.1) is 13.8 Å². The summed E-state index contributed by atoms with van der Waals surface area (Å²) in [6.07, 6.45) is 0.324. The summed E-state index contributed by atoms with van der Waals surface area (Å²) in [6.45, 7) is 5.63. The summed E-state index contributed by atoms with van der Waals surface area (Å²) < 4.78 is 8.24. The van der Waals surface area contributed by atoms with Gasteiger partial charge in [0.05, 0.1) is 30.5 Å². The lowest BCUT2D eigenvalue weighted by Gasteiger charge is -2.13. The molecule has 0 saturated carbocycles. The van der Waals surface area contributed by atoms with Crippen molar-refractivity contribution in [1.29, 1.82) is 0 Å². The van der Waals surface area contributed by atoms with Gasteiger partial charge in [0.25, 0.3) is 0 Å². The van der Waals surface area contributed by atoms with Crippen molar-refractivity contribution < 1.29 is 9.53 Å². The molecule has 0 radical (unpaired) electrons. The number of fused-ring (bicyclic) bond motifs is 1. The molecule has 0 aliphatic rings. The van der Waals surface area contributed by atoms with E-state index in [1.165, 1.54) is 11.1 Å². The Bertz CT molecular complexity index is 1500. The number of imidazole rings is 1. The molecule has 5 nitrogen and oxygen atoms in total. The molecule has 186 valence electrons. The van der Waals surface area contributed by atoms with Crippen LogP contribution >= 0.6 is 0 Å². The molecule has 0 aliphatic heterocycles. The highest BCUT2D eigenvalue weighted by Crippen LogP contribution is 2.21. The molecular formula is C32H31N3O2. The number of ether oxygens (including phenoxy) is 1. The van der Waals surface area contributed by atoms with Crippen LogP contribution in [-0.2, 0) is 24.3 Å². The molecule has 0 atom stereocenters. The van der Waals surface area contributed by atoms with Gasteiger partial charge in [-0.05, 0) is 59.9 Å². The third kappa shape index (κ3) is 5.89. The Morgan fingerprint density at radius 3 is 2.41 bits per heavy atom. The summed E-state index contributed by atoms with van der Waals surface area (Å²) in [4.78, 5) is 17.5. The summed E-state index contributed by atoms with van der Waals surface area (Å²) >= 11 is 0. The van der Waals surface area contributed by atoms with Crippen LogP contribution in [0.25, 0.3) is 22.2 Å². The van der Waals surface area contributed by atoms with E-state index in [1.807, 2.05) is 48.5 Å². The van der Waals surface area contributed by atoms with Crippen molar-refractivity contribution in [3.8, 4) is 16.9 Å². The molecule has 0 spiro atoms. The lowest BCUT2D eigenvalue weighted by molar-refractivity contribution is -0.120. The van der Waals surface area contributed by atoms with Gasteiger partial charge in [-0.2, -0.15) is 0 Å². The number of benzene rings is 4. The maximum atomic E-state index is 12.8. The van der Waals surface area contributed by atoms with Crippen LogP contribution in [0.2, 0.25) is 0 Å². The third-order valence-electron chi connectivity index (χ3n) is 6.52. The van der Waals surface area contributed by atoms with Crippen LogP contribution in [-0.4, -0.2) is 22.1 Å². The van der Waals surface area contributed by atoms with Crippen molar-refractivity contribution in [3.63, 3.8) is 0 Å². The van der Waals surface area contributed by atoms with Crippen LogP contribution in [0.4, 0.5) is 0 Å². The zero-order valence-corrected chi connectivity index (χ0v) is 21.3. The number of amides is 1. The van der Waals surface area contributed by atoms with E-state index in [2.05, 4.69) is 72.3 Å². The molecule has 1 heterocycles. The highest BCUT2D eigenvalue weighted by Gasteiger charge is 2.13. The van der Waals surface area contributed by atoms with E-state index in [0.29, 0.717) is 26.1 Å². The van der Waals surface area contributed by atoms with Gasteiger partial charge >= 0.3 is 0 Å².